The zero-order valence-corrected chi connectivity index (χ0v) is 11.9. The third kappa shape index (κ3) is 4.06. The van der Waals surface area contributed by atoms with Gasteiger partial charge >= 0.3 is 0 Å². The molecule has 4 nitrogen and oxygen atoms in total. The molecule has 1 saturated heterocycles. The van der Waals surface area contributed by atoms with Crippen molar-refractivity contribution in [2.24, 2.45) is 0 Å². The fraction of sp³-hybridized carbons (Fsp3) is 0.733. The fourth-order valence-electron chi connectivity index (χ4n) is 2.61. The Bertz CT molecular complexity index is 400. The maximum atomic E-state index is 5.91. The van der Waals surface area contributed by atoms with Gasteiger partial charge in [-0.25, -0.2) is 0 Å². The number of furan rings is 1. The molecular formula is C15H25N3O. The Morgan fingerprint density at radius 2 is 2.00 bits per heavy atom. The maximum absolute atomic E-state index is 5.91. The van der Waals surface area contributed by atoms with E-state index >= 15 is 0 Å². The summed E-state index contributed by atoms with van der Waals surface area (Å²) in [6.07, 6.45) is 3.91. The first kappa shape index (κ1) is 13.2. The van der Waals surface area contributed by atoms with Gasteiger partial charge in [-0.05, 0) is 51.5 Å². The van der Waals surface area contributed by atoms with E-state index in [1.165, 1.54) is 32.4 Å². The highest BCUT2D eigenvalue weighted by atomic mass is 16.3. The second-order valence-electron chi connectivity index (χ2n) is 5.96. The topological polar surface area (TPSA) is 31.6 Å². The van der Waals surface area contributed by atoms with Crippen molar-refractivity contribution in [2.45, 2.75) is 38.4 Å². The van der Waals surface area contributed by atoms with E-state index in [0.29, 0.717) is 0 Å². The molecule has 0 bridgehead atoms. The van der Waals surface area contributed by atoms with Crippen molar-refractivity contribution in [3.8, 4) is 0 Å². The van der Waals surface area contributed by atoms with Gasteiger partial charge in [0, 0.05) is 19.1 Å². The van der Waals surface area contributed by atoms with Gasteiger partial charge in [0.2, 0.25) is 0 Å². The summed E-state index contributed by atoms with van der Waals surface area (Å²) in [6.45, 7) is 6.54. The number of nitrogens with one attached hydrogen (secondary N) is 1. The van der Waals surface area contributed by atoms with Crippen LogP contribution in [0.25, 0.3) is 0 Å². The SMILES string of the molecule is CN1CCCN(Cc2ccc(CNC3CC3)o2)CC1. The first-order valence-electron chi connectivity index (χ1n) is 7.51. The predicted molar refractivity (Wildman–Crippen MR) is 76.0 cm³/mol. The molecule has 3 rings (SSSR count). The van der Waals surface area contributed by atoms with Crippen molar-refractivity contribution < 1.29 is 4.42 Å². The van der Waals surface area contributed by atoms with E-state index in [4.69, 9.17) is 4.42 Å². The Balaban J connectivity index is 1.48. The van der Waals surface area contributed by atoms with Gasteiger partial charge in [-0.2, -0.15) is 0 Å². The van der Waals surface area contributed by atoms with E-state index in [1.54, 1.807) is 0 Å². The average molecular weight is 263 g/mol. The summed E-state index contributed by atoms with van der Waals surface area (Å²) < 4.78 is 5.91. The van der Waals surface area contributed by atoms with E-state index in [2.05, 4.69) is 34.3 Å². The van der Waals surface area contributed by atoms with E-state index in [9.17, 15) is 0 Å². The van der Waals surface area contributed by atoms with Gasteiger partial charge in [-0.1, -0.05) is 0 Å². The summed E-state index contributed by atoms with van der Waals surface area (Å²) in [7, 11) is 2.21. The lowest BCUT2D eigenvalue weighted by atomic mass is 10.3. The third-order valence-electron chi connectivity index (χ3n) is 4.05. The number of hydrogen-bond donors (Lipinski definition) is 1. The number of likely N-dealkylation sites (N-methyl/N-ethyl adjacent to an activating group) is 1. The van der Waals surface area contributed by atoms with Crippen molar-refractivity contribution >= 4 is 0 Å². The molecule has 4 heteroatoms. The Morgan fingerprint density at radius 1 is 1.16 bits per heavy atom. The third-order valence-corrected chi connectivity index (χ3v) is 4.05. The molecule has 1 saturated carbocycles. The molecule has 0 radical (unpaired) electrons. The van der Waals surface area contributed by atoms with Crippen molar-refractivity contribution in [1.82, 2.24) is 15.1 Å². The summed E-state index contributed by atoms with van der Waals surface area (Å²) in [4.78, 5) is 4.91. The predicted octanol–water partition coefficient (Wildman–Crippen LogP) is 1.67. The van der Waals surface area contributed by atoms with E-state index in [0.717, 1.165) is 43.7 Å². The minimum absolute atomic E-state index is 0.745. The molecule has 0 spiro atoms. The van der Waals surface area contributed by atoms with Crippen LogP contribution in [0.3, 0.4) is 0 Å². The molecule has 106 valence electrons. The summed E-state index contributed by atoms with van der Waals surface area (Å²) in [5.41, 5.74) is 0. The number of hydrogen-bond acceptors (Lipinski definition) is 4. The second kappa shape index (κ2) is 6.07. The molecule has 19 heavy (non-hydrogen) atoms. The minimum atomic E-state index is 0.745. The quantitative estimate of drug-likeness (QED) is 0.875. The standard InChI is InChI=1S/C15H25N3O/c1-17-7-2-8-18(10-9-17)12-15-6-5-14(19-15)11-16-13-3-4-13/h5-6,13,16H,2-4,7-12H2,1H3. The lowest BCUT2D eigenvalue weighted by Crippen LogP contribution is -2.28. The molecule has 1 aromatic rings. The highest BCUT2D eigenvalue weighted by Gasteiger charge is 2.20. The fourth-order valence-corrected chi connectivity index (χ4v) is 2.61. The van der Waals surface area contributed by atoms with Crippen molar-refractivity contribution in [2.75, 3.05) is 33.2 Å². The van der Waals surface area contributed by atoms with E-state index < -0.39 is 0 Å². The molecule has 1 aromatic heterocycles. The monoisotopic (exact) mass is 263 g/mol. The second-order valence-corrected chi connectivity index (χ2v) is 5.96. The maximum Gasteiger partial charge on any atom is 0.118 e. The smallest absolute Gasteiger partial charge is 0.118 e. The zero-order chi connectivity index (χ0) is 13.1. The van der Waals surface area contributed by atoms with Crippen LogP contribution < -0.4 is 5.32 Å². The van der Waals surface area contributed by atoms with Crippen LogP contribution in [0.15, 0.2) is 16.5 Å². The number of rotatable bonds is 5. The van der Waals surface area contributed by atoms with Crippen LogP contribution in [-0.4, -0.2) is 49.1 Å². The minimum Gasteiger partial charge on any atom is -0.463 e. The lowest BCUT2D eigenvalue weighted by molar-refractivity contribution is 0.246. The molecular weight excluding hydrogens is 238 g/mol. The van der Waals surface area contributed by atoms with Gasteiger partial charge < -0.3 is 14.6 Å². The van der Waals surface area contributed by atoms with E-state index in [1.807, 2.05) is 0 Å². The van der Waals surface area contributed by atoms with Crippen molar-refractivity contribution in [3.63, 3.8) is 0 Å². The van der Waals surface area contributed by atoms with Gasteiger partial charge in [0.1, 0.15) is 11.5 Å². The Morgan fingerprint density at radius 3 is 2.84 bits per heavy atom. The normalized spacial score (nSPS) is 22.6. The summed E-state index contributed by atoms with van der Waals surface area (Å²) in [5.74, 6) is 2.19. The molecule has 2 aliphatic rings. The highest BCUT2D eigenvalue weighted by molar-refractivity contribution is 5.07. The van der Waals surface area contributed by atoms with Crippen LogP contribution in [0.5, 0.6) is 0 Å². The van der Waals surface area contributed by atoms with Gasteiger partial charge in [0.25, 0.3) is 0 Å². The van der Waals surface area contributed by atoms with Gasteiger partial charge in [-0.3, -0.25) is 4.90 Å². The van der Waals surface area contributed by atoms with Crippen LogP contribution in [0.4, 0.5) is 0 Å². The zero-order valence-electron chi connectivity index (χ0n) is 11.9. The van der Waals surface area contributed by atoms with Crippen molar-refractivity contribution in [3.05, 3.63) is 23.7 Å². The average Bonchev–Trinajstić information content (AvgIpc) is 3.16. The Kier molecular flexibility index (Phi) is 4.21. The van der Waals surface area contributed by atoms with E-state index in [-0.39, 0.29) is 0 Å². The molecule has 1 aliphatic heterocycles. The molecule has 0 atom stereocenters. The Labute approximate surface area is 115 Å². The van der Waals surface area contributed by atoms with Gasteiger partial charge in [-0.15, -0.1) is 0 Å². The van der Waals surface area contributed by atoms with Crippen LogP contribution in [0, 0.1) is 0 Å². The van der Waals surface area contributed by atoms with Crippen LogP contribution in [-0.2, 0) is 13.1 Å². The molecule has 0 unspecified atom stereocenters. The Hall–Kier alpha value is -0.840. The molecule has 0 aromatic carbocycles. The summed E-state index contributed by atoms with van der Waals surface area (Å²) in [6, 6.07) is 5.00. The first-order valence-corrected chi connectivity index (χ1v) is 7.51. The molecule has 0 amide bonds. The van der Waals surface area contributed by atoms with Crippen LogP contribution in [0.1, 0.15) is 30.8 Å². The van der Waals surface area contributed by atoms with Crippen LogP contribution in [0.2, 0.25) is 0 Å². The molecule has 2 fully saturated rings. The summed E-state index contributed by atoms with van der Waals surface area (Å²) >= 11 is 0. The highest BCUT2D eigenvalue weighted by Crippen LogP contribution is 2.20. The largest absolute Gasteiger partial charge is 0.463 e. The summed E-state index contributed by atoms with van der Waals surface area (Å²) in [5, 5.41) is 3.49. The van der Waals surface area contributed by atoms with Gasteiger partial charge in [0.05, 0.1) is 13.1 Å². The van der Waals surface area contributed by atoms with Crippen LogP contribution >= 0.6 is 0 Å². The first-order chi connectivity index (χ1) is 9.29. The lowest BCUT2D eigenvalue weighted by Gasteiger charge is -2.18. The van der Waals surface area contributed by atoms with Gasteiger partial charge in [0.15, 0.2) is 0 Å². The molecule has 1 N–H and O–H groups in total. The number of nitrogens with zero attached hydrogens (tertiary/aromatic N) is 2. The molecule has 1 aliphatic carbocycles. The van der Waals surface area contributed by atoms with Crippen molar-refractivity contribution in [1.29, 1.82) is 0 Å². The molecule has 2 heterocycles.